The molecule has 0 saturated heterocycles. The first kappa shape index (κ1) is 23.6. The highest BCUT2D eigenvalue weighted by Crippen LogP contribution is 2.41. The van der Waals surface area contributed by atoms with Crippen LogP contribution in [0.1, 0.15) is 23.4 Å². The van der Waals surface area contributed by atoms with Crippen LogP contribution in [0.3, 0.4) is 0 Å². The molecule has 2 aromatic carbocycles. The predicted molar refractivity (Wildman–Crippen MR) is 136 cm³/mol. The van der Waals surface area contributed by atoms with E-state index >= 15 is 0 Å². The Morgan fingerprint density at radius 3 is 2.74 bits per heavy atom. The van der Waals surface area contributed by atoms with Crippen molar-refractivity contribution in [1.82, 2.24) is 30.2 Å². The van der Waals surface area contributed by atoms with Crippen molar-refractivity contribution in [3.63, 3.8) is 0 Å². The van der Waals surface area contributed by atoms with Crippen LogP contribution in [0.25, 0.3) is 28.2 Å². The van der Waals surface area contributed by atoms with Crippen molar-refractivity contribution < 1.29 is 19.7 Å². The number of fused-ring (bicyclic) bond motifs is 1. The van der Waals surface area contributed by atoms with Gasteiger partial charge in [0.15, 0.2) is 11.8 Å². The molecule has 1 aliphatic carbocycles. The molecule has 4 N–H and O–H groups in total. The Morgan fingerprint density at radius 2 is 2.00 bits per heavy atom. The van der Waals surface area contributed by atoms with Crippen LogP contribution < -0.4 is 10.0 Å². The molecule has 6 rings (SSSR count). The number of H-pyrrole nitrogens is 1. The van der Waals surface area contributed by atoms with E-state index in [0.717, 1.165) is 0 Å². The number of aliphatic hydroxyl groups is 1. The van der Waals surface area contributed by atoms with Crippen molar-refractivity contribution in [3.8, 4) is 28.2 Å². The smallest absolute Gasteiger partial charge is 0.409 e. The lowest BCUT2D eigenvalue weighted by Gasteiger charge is -2.21. The molecule has 0 saturated carbocycles. The number of rotatable bonds is 5. The second-order valence-corrected chi connectivity index (χ2v) is 9.29. The van der Waals surface area contributed by atoms with E-state index in [9.17, 15) is 15.1 Å². The molecule has 0 spiro atoms. The number of carboxylic acid groups (broad SMARTS) is 1. The topological polar surface area (TPSA) is 169 Å². The molecule has 190 valence electrons. The fourth-order valence-corrected chi connectivity index (χ4v) is 5.00. The van der Waals surface area contributed by atoms with Crippen molar-refractivity contribution in [3.05, 3.63) is 94.4 Å². The molecule has 5 aromatic rings. The molecule has 0 radical (unpaired) electrons. The number of carbonyl (C=O) groups is 1. The SMILES string of the molecule is O=C(O)Nc1ccc(-c2ncc(C3(O)CCc4cc(-c5cc(Cl)ccc5-n5cnnn5)c[n+]([O-])c43)[nH]2)cc1. The Kier molecular flexibility index (Phi) is 5.55. The van der Waals surface area contributed by atoms with E-state index in [-0.39, 0.29) is 12.1 Å². The summed E-state index contributed by atoms with van der Waals surface area (Å²) in [6.07, 6.45) is 3.96. The molecular weight excluding hydrogens is 512 g/mol. The molecule has 38 heavy (non-hydrogen) atoms. The highest BCUT2D eigenvalue weighted by molar-refractivity contribution is 6.31. The van der Waals surface area contributed by atoms with Crippen molar-refractivity contribution in [2.24, 2.45) is 0 Å². The Hall–Kier alpha value is -4.81. The summed E-state index contributed by atoms with van der Waals surface area (Å²) in [5.74, 6) is 0.475. The minimum absolute atomic E-state index is 0.225. The first-order valence-electron chi connectivity index (χ1n) is 11.5. The number of tetrazole rings is 1. The van der Waals surface area contributed by atoms with Crippen molar-refractivity contribution in [2.75, 3.05) is 5.32 Å². The normalized spacial score (nSPS) is 16.4. The highest BCUT2D eigenvalue weighted by Gasteiger charge is 2.47. The number of amides is 1. The maximum absolute atomic E-state index is 13.4. The van der Waals surface area contributed by atoms with Crippen molar-refractivity contribution in [2.45, 2.75) is 18.4 Å². The summed E-state index contributed by atoms with van der Waals surface area (Å²) in [7, 11) is 0. The Bertz CT molecular complexity index is 1670. The lowest BCUT2D eigenvalue weighted by Crippen LogP contribution is -2.41. The number of halogens is 1. The van der Waals surface area contributed by atoms with Crippen LogP contribution in [0.15, 0.2) is 67.3 Å². The Labute approximate surface area is 219 Å². The number of nitrogens with one attached hydrogen (secondary N) is 2. The van der Waals surface area contributed by atoms with Crippen LogP contribution in [0.4, 0.5) is 10.5 Å². The summed E-state index contributed by atoms with van der Waals surface area (Å²) in [6, 6.07) is 13.7. The molecule has 0 bridgehead atoms. The maximum atomic E-state index is 13.4. The Morgan fingerprint density at radius 1 is 1.18 bits per heavy atom. The monoisotopic (exact) mass is 530 g/mol. The minimum atomic E-state index is -1.57. The number of hydrogen-bond donors (Lipinski definition) is 4. The number of aromatic nitrogens is 7. The summed E-state index contributed by atoms with van der Waals surface area (Å²) in [5, 5.41) is 48.0. The van der Waals surface area contributed by atoms with Gasteiger partial charge in [-0.05, 0) is 71.8 Å². The first-order chi connectivity index (χ1) is 18.3. The van der Waals surface area contributed by atoms with Gasteiger partial charge >= 0.3 is 6.09 Å². The zero-order valence-corrected chi connectivity index (χ0v) is 20.3. The Balaban J connectivity index is 1.36. The van der Waals surface area contributed by atoms with Crippen LogP contribution in [0.5, 0.6) is 0 Å². The van der Waals surface area contributed by atoms with Crippen molar-refractivity contribution in [1.29, 1.82) is 0 Å². The van der Waals surface area contributed by atoms with Crippen LogP contribution in [-0.4, -0.2) is 46.5 Å². The van der Waals surface area contributed by atoms with Crippen LogP contribution in [-0.2, 0) is 12.0 Å². The third kappa shape index (κ3) is 4.01. The van der Waals surface area contributed by atoms with Gasteiger partial charge in [0.2, 0.25) is 5.69 Å². The summed E-state index contributed by atoms with van der Waals surface area (Å²) in [6.45, 7) is 0. The standard InChI is InChI=1S/C25H19ClN8O4/c26-17-3-6-20(33-13-28-31-32-33)19(10-17)16-9-15-7-8-25(37,22(15)34(38)12-16)21-11-27-23(30-21)14-1-4-18(5-2-14)29-24(35)36/h1-6,9-13,29,37H,7-8H2,(H,27,30)(H,35,36). The number of anilines is 1. The number of nitrogens with zero attached hydrogens (tertiary/aromatic N) is 6. The summed E-state index contributed by atoms with van der Waals surface area (Å²) < 4.78 is 2.18. The molecule has 0 fully saturated rings. The average molecular weight is 531 g/mol. The lowest BCUT2D eigenvalue weighted by molar-refractivity contribution is -0.620. The molecule has 1 unspecified atom stereocenters. The van der Waals surface area contributed by atoms with E-state index in [0.29, 0.717) is 61.3 Å². The number of imidazole rings is 1. The molecule has 1 atom stereocenters. The van der Waals surface area contributed by atoms with Crippen LogP contribution >= 0.6 is 11.6 Å². The first-order valence-corrected chi connectivity index (χ1v) is 11.9. The van der Waals surface area contributed by atoms with Gasteiger partial charge < -0.3 is 20.4 Å². The second-order valence-electron chi connectivity index (χ2n) is 8.86. The van der Waals surface area contributed by atoms with Gasteiger partial charge in [-0.3, -0.25) is 5.32 Å². The van der Waals surface area contributed by atoms with Gasteiger partial charge in [-0.2, -0.15) is 9.41 Å². The van der Waals surface area contributed by atoms with E-state index in [1.807, 2.05) is 6.07 Å². The van der Waals surface area contributed by atoms with Gasteiger partial charge in [0.1, 0.15) is 12.2 Å². The lowest BCUT2D eigenvalue weighted by atomic mass is 9.96. The fraction of sp³-hybridized carbons (Fsp3) is 0.120. The summed E-state index contributed by atoms with van der Waals surface area (Å²) >= 11 is 6.27. The quantitative estimate of drug-likeness (QED) is 0.198. The third-order valence-corrected chi connectivity index (χ3v) is 6.79. The fourth-order valence-electron chi connectivity index (χ4n) is 4.83. The maximum Gasteiger partial charge on any atom is 0.409 e. The van der Waals surface area contributed by atoms with Crippen molar-refractivity contribution >= 4 is 23.4 Å². The molecule has 13 heteroatoms. The molecule has 1 aliphatic rings. The largest absolute Gasteiger partial charge is 0.618 e. The minimum Gasteiger partial charge on any atom is -0.618 e. The van der Waals surface area contributed by atoms with E-state index in [2.05, 4.69) is 30.8 Å². The van der Waals surface area contributed by atoms with Gasteiger partial charge in [-0.25, -0.2) is 9.78 Å². The molecule has 1 amide bonds. The average Bonchev–Trinajstić information content (AvgIpc) is 3.65. The van der Waals surface area contributed by atoms with E-state index in [1.54, 1.807) is 42.5 Å². The predicted octanol–water partition coefficient (Wildman–Crippen LogP) is 3.28. The van der Waals surface area contributed by atoms with Gasteiger partial charge in [-0.15, -0.1) is 5.10 Å². The number of aryl methyl sites for hydroxylation is 1. The molecule has 0 aliphatic heterocycles. The highest BCUT2D eigenvalue weighted by atomic mass is 35.5. The van der Waals surface area contributed by atoms with Gasteiger partial charge in [0.05, 0.1) is 17.6 Å². The number of pyridine rings is 1. The number of aromatic amines is 1. The number of benzene rings is 2. The summed E-state index contributed by atoms with van der Waals surface area (Å²) in [5.41, 5.74) is 2.76. The zero-order chi connectivity index (χ0) is 26.4. The van der Waals surface area contributed by atoms with Gasteiger partial charge in [-0.1, -0.05) is 11.6 Å². The third-order valence-electron chi connectivity index (χ3n) is 6.55. The van der Waals surface area contributed by atoms with Crippen LogP contribution in [0.2, 0.25) is 5.02 Å². The van der Waals surface area contributed by atoms with E-state index in [1.165, 1.54) is 23.4 Å². The molecule has 3 aromatic heterocycles. The number of hydrogen-bond acceptors (Lipinski definition) is 7. The van der Waals surface area contributed by atoms with Gasteiger partial charge in [0.25, 0.3) is 0 Å². The molecule has 12 nitrogen and oxygen atoms in total. The molecule has 3 heterocycles. The van der Waals surface area contributed by atoms with E-state index in [4.69, 9.17) is 16.7 Å². The second kappa shape index (κ2) is 8.94. The summed E-state index contributed by atoms with van der Waals surface area (Å²) in [4.78, 5) is 18.3. The van der Waals surface area contributed by atoms with Gasteiger partial charge in [0, 0.05) is 33.0 Å². The zero-order valence-electron chi connectivity index (χ0n) is 19.5. The van der Waals surface area contributed by atoms with Crippen LogP contribution in [0, 0.1) is 5.21 Å². The van der Waals surface area contributed by atoms with E-state index < -0.39 is 11.7 Å². The molecular formula is C25H19ClN8O4.